The molecule has 2 aromatic heterocycles. The van der Waals surface area contributed by atoms with Gasteiger partial charge in [-0.3, -0.25) is 9.98 Å². The SMILES string of the molecule is Fc1ccccc1-c1ccc(/C=C2\CCCN=C2c2cccnc2)o1. The van der Waals surface area contributed by atoms with E-state index < -0.39 is 0 Å². The van der Waals surface area contributed by atoms with Gasteiger partial charge in [0, 0.05) is 24.5 Å². The summed E-state index contributed by atoms with van der Waals surface area (Å²) in [5.41, 5.74) is 3.56. The van der Waals surface area contributed by atoms with Crippen LogP contribution in [0.3, 0.4) is 0 Å². The first-order chi connectivity index (χ1) is 12.3. The lowest BCUT2D eigenvalue weighted by atomic mass is 9.96. The van der Waals surface area contributed by atoms with Crippen LogP contribution in [-0.2, 0) is 0 Å². The molecular formula is C21H17FN2O. The quantitative estimate of drug-likeness (QED) is 0.665. The monoisotopic (exact) mass is 332 g/mol. The van der Waals surface area contributed by atoms with E-state index in [1.807, 2.05) is 30.5 Å². The van der Waals surface area contributed by atoms with Gasteiger partial charge >= 0.3 is 0 Å². The molecule has 3 heterocycles. The maximum atomic E-state index is 13.9. The molecule has 1 aliphatic rings. The van der Waals surface area contributed by atoms with Gasteiger partial charge in [-0.25, -0.2) is 4.39 Å². The first kappa shape index (κ1) is 15.5. The lowest BCUT2D eigenvalue weighted by Crippen LogP contribution is -2.11. The Morgan fingerprint density at radius 1 is 1.04 bits per heavy atom. The number of halogens is 1. The van der Waals surface area contributed by atoms with Crippen molar-refractivity contribution in [2.24, 2.45) is 4.99 Å². The minimum Gasteiger partial charge on any atom is -0.457 e. The van der Waals surface area contributed by atoms with Crippen LogP contribution >= 0.6 is 0 Å². The predicted octanol–water partition coefficient (Wildman–Crippen LogP) is 5.15. The Hall–Kier alpha value is -3.01. The molecule has 124 valence electrons. The number of allylic oxidation sites excluding steroid dienone is 1. The van der Waals surface area contributed by atoms with Gasteiger partial charge in [0.2, 0.25) is 0 Å². The summed E-state index contributed by atoms with van der Waals surface area (Å²) in [5, 5.41) is 0. The van der Waals surface area contributed by atoms with Gasteiger partial charge in [-0.05, 0) is 60.9 Å². The van der Waals surface area contributed by atoms with Crippen molar-refractivity contribution in [2.45, 2.75) is 12.8 Å². The summed E-state index contributed by atoms with van der Waals surface area (Å²) in [5.74, 6) is 0.943. The molecule has 0 aliphatic carbocycles. The van der Waals surface area contributed by atoms with Crippen molar-refractivity contribution in [1.82, 2.24) is 4.98 Å². The van der Waals surface area contributed by atoms with Gasteiger partial charge in [0.1, 0.15) is 17.3 Å². The smallest absolute Gasteiger partial charge is 0.137 e. The summed E-state index contributed by atoms with van der Waals surface area (Å²) in [6, 6.07) is 14.2. The molecule has 0 fully saturated rings. The van der Waals surface area contributed by atoms with Crippen LogP contribution in [0.1, 0.15) is 24.2 Å². The Morgan fingerprint density at radius 3 is 2.80 bits per heavy atom. The van der Waals surface area contributed by atoms with Crippen molar-refractivity contribution in [3.63, 3.8) is 0 Å². The number of rotatable bonds is 3. The second-order valence-corrected chi connectivity index (χ2v) is 5.93. The van der Waals surface area contributed by atoms with Gasteiger partial charge < -0.3 is 4.42 Å². The minimum atomic E-state index is -0.286. The van der Waals surface area contributed by atoms with Crippen molar-refractivity contribution < 1.29 is 8.81 Å². The maximum absolute atomic E-state index is 13.9. The van der Waals surface area contributed by atoms with Gasteiger partial charge in [-0.2, -0.15) is 0 Å². The fraction of sp³-hybridized carbons (Fsp3) is 0.143. The Morgan fingerprint density at radius 2 is 1.96 bits per heavy atom. The molecule has 4 heteroatoms. The Bertz CT molecular complexity index is 941. The second-order valence-electron chi connectivity index (χ2n) is 5.93. The lowest BCUT2D eigenvalue weighted by molar-refractivity contribution is 0.560. The molecular weight excluding hydrogens is 315 g/mol. The number of hydrogen-bond acceptors (Lipinski definition) is 3. The molecule has 4 rings (SSSR count). The van der Waals surface area contributed by atoms with Crippen LogP contribution < -0.4 is 0 Å². The van der Waals surface area contributed by atoms with Crippen molar-refractivity contribution >= 4 is 11.8 Å². The fourth-order valence-corrected chi connectivity index (χ4v) is 3.01. The fourth-order valence-electron chi connectivity index (χ4n) is 3.01. The molecule has 3 aromatic rings. The molecule has 3 nitrogen and oxygen atoms in total. The third-order valence-corrected chi connectivity index (χ3v) is 4.20. The van der Waals surface area contributed by atoms with Crippen LogP contribution in [0.15, 0.2) is 75.9 Å². The number of aliphatic imine (C=N–C) groups is 1. The number of hydrogen-bond donors (Lipinski definition) is 0. The number of nitrogens with zero attached hydrogens (tertiary/aromatic N) is 2. The molecule has 0 radical (unpaired) electrons. The Kier molecular flexibility index (Phi) is 4.25. The third kappa shape index (κ3) is 3.29. The molecule has 0 saturated carbocycles. The topological polar surface area (TPSA) is 38.4 Å². The van der Waals surface area contributed by atoms with Crippen LogP contribution in [0.2, 0.25) is 0 Å². The van der Waals surface area contributed by atoms with Crippen LogP contribution in [-0.4, -0.2) is 17.2 Å². The molecule has 1 aliphatic heterocycles. The molecule has 0 N–H and O–H groups in total. The zero-order valence-corrected chi connectivity index (χ0v) is 13.7. The second kappa shape index (κ2) is 6.85. The summed E-state index contributed by atoms with van der Waals surface area (Å²) >= 11 is 0. The molecule has 0 atom stereocenters. The number of aromatic nitrogens is 1. The lowest BCUT2D eigenvalue weighted by Gasteiger charge is -2.15. The largest absolute Gasteiger partial charge is 0.457 e. The highest BCUT2D eigenvalue weighted by molar-refractivity contribution is 6.15. The highest BCUT2D eigenvalue weighted by Crippen LogP contribution is 2.27. The highest BCUT2D eigenvalue weighted by Gasteiger charge is 2.15. The molecule has 0 spiro atoms. The van der Waals surface area contributed by atoms with E-state index in [0.717, 1.165) is 36.2 Å². The highest BCUT2D eigenvalue weighted by atomic mass is 19.1. The van der Waals surface area contributed by atoms with Gasteiger partial charge in [-0.1, -0.05) is 12.1 Å². The van der Waals surface area contributed by atoms with E-state index in [9.17, 15) is 4.39 Å². The van der Waals surface area contributed by atoms with Crippen LogP contribution in [0, 0.1) is 5.82 Å². The van der Waals surface area contributed by atoms with E-state index in [1.165, 1.54) is 6.07 Å². The van der Waals surface area contributed by atoms with E-state index in [2.05, 4.69) is 9.98 Å². The van der Waals surface area contributed by atoms with E-state index in [-0.39, 0.29) is 5.82 Å². The molecule has 25 heavy (non-hydrogen) atoms. The van der Waals surface area contributed by atoms with Gasteiger partial charge in [0.25, 0.3) is 0 Å². The molecule has 0 amide bonds. The number of benzene rings is 1. The van der Waals surface area contributed by atoms with Crippen LogP contribution in [0.5, 0.6) is 0 Å². The number of furan rings is 1. The first-order valence-corrected chi connectivity index (χ1v) is 8.32. The molecule has 0 bridgehead atoms. The standard InChI is InChI=1S/C21H17FN2O/c22-19-8-2-1-7-18(19)20-10-9-17(25-20)13-15-5-4-12-24-21(15)16-6-3-11-23-14-16/h1-3,6-11,13-14H,4-5,12H2/b15-13+. The van der Waals surface area contributed by atoms with Gasteiger partial charge in [-0.15, -0.1) is 0 Å². The summed E-state index contributed by atoms with van der Waals surface area (Å²) in [6.45, 7) is 0.820. The number of pyridine rings is 1. The van der Waals surface area contributed by atoms with E-state index >= 15 is 0 Å². The molecule has 0 saturated heterocycles. The summed E-state index contributed by atoms with van der Waals surface area (Å²) in [7, 11) is 0. The van der Waals surface area contributed by atoms with Gasteiger partial charge in [0.15, 0.2) is 0 Å². The minimum absolute atomic E-state index is 0.286. The van der Waals surface area contributed by atoms with Crippen molar-refractivity contribution in [3.05, 3.63) is 83.6 Å². The zero-order chi connectivity index (χ0) is 17.1. The average Bonchev–Trinajstić information content (AvgIpc) is 3.11. The Labute approximate surface area is 145 Å². The van der Waals surface area contributed by atoms with E-state index in [4.69, 9.17) is 4.42 Å². The van der Waals surface area contributed by atoms with Crippen LogP contribution in [0.4, 0.5) is 4.39 Å². The normalized spacial score (nSPS) is 16.0. The zero-order valence-electron chi connectivity index (χ0n) is 13.7. The Balaban J connectivity index is 1.67. The molecule has 0 unspecified atom stereocenters. The summed E-state index contributed by atoms with van der Waals surface area (Å²) in [4.78, 5) is 8.84. The van der Waals surface area contributed by atoms with Crippen LogP contribution in [0.25, 0.3) is 17.4 Å². The third-order valence-electron chi connectivity index (χ3n) is 4.20. The van der Waals surface area contributed by atoms with Crippen molar-refractivity contribution in [2.75, 3.05) is 6.54 Å². The maximum Gasteiger partial charge on any atom is 0.137 e. The van der Waals surface area contributed by atoms with Crippen molar-refractivity contribution in [1.29, 1.82) is 0 Å². The summed E-state index contributed by atoms with van der Waals surface area (Å²) in [6.07, 6.45) is 7.52. The average molecular weight is 332 g/mol. The first-order valence-electron chi connectivity index (χ1n) is 8.32. The predicted molar refractivity (Wildman–Crippen MR) is 97.0 cm³/mol. The van der Waals surface area contributed by atoms with Crippen molar-refractivity contribution in [3.8, 4) is 11.3 Å². The van der Waals surface area contributed by atoms with Gasteiger partial charge in [0.05, 0.1) is 11.3 Å². The summed E-state index contributed by atoms with van der Waals surface area (Å²) < 4.78 is 19.8. The molecule has 1 aromatic carbocycles. The van der Waals surface area contributed by atoms with E-state index in [0.29, 0.717) is 17.1 Å². The van der Waals surface area contributed by atoms with E-state index in [1.54, 1.807) is 30.5 Å².